The molecule has 0 atom stereocenters. The van der Waals surface area contributed by atoms with Gasteiger partial charge in [-0.15, -0.1) is 5.10 Å². The van der Waals surface area contributed by atoms with E-state index in [1.165, 1.54) is 11.5 Å². The van der Waals surface area contributed by atoms with Crippen LogP contribution in [0.1, 0.15) is 12.6 Å². The number of nitrogens with one attached hydrogen (secondary N) is 1. The number of nitriles is 2. The third-order valence-corrected chi connectivity index (χ3v) is 2.58. The van der Waals surface area contributed by atoms with Gasteiger partial charge in [-0.1, -0.05) is 4.49 Å². The summed E-state index contributed by atoms with van der Waals surface area (Å²) >= 11 is 1.29. The lowest BCUT2D eigenvalue weighted by Crippen LogP contribution is -2.24. The minimum atomic E-state index is 0.219. The van der Waals surface area contributed by atoms with Crippen LogP contribution in [0.5, 0.6) is 0 Å². The minimum absolute atomic E-state index is 0.219. The van der Waals surface area contributed by atoms with E-state index in [1.807, 2.05) is 19.1 Å². The molecule has 6 nitrogen and oxygen atoms in total. The van der Waals surface area contributed by atoms with Crippen LogP contribution < -0.4 is 5.32 Å². The molecule has 0 bridgehead atoms. The van der Waals surface area contributed by atoms with E-state index >= 15 is 0 Å². The molecule has 1 aromatic heterocycles. The van der Waals surface area contributed by atoms with Crippen molar-refractivity contribution in [1.29, 1.82) is 10.5 Å². The Balaban J connectivity index is 2.66. The molecule has 0 amide bonds. The van der Waals surface area contributed by atoms with Crippen LogP contribution in [-0.2, 0) is 6.54 Å². The molecule has 0 unspecified atom stereocenters. The van der Waals surface area contributed by atoms with Crippen molar-refractivity contribution < 1.29 is 0 Å². The van der Waals surface area contributed by atoms with Crippen LogP contribution in [0, 0.1) is 22.7 Å². The van der Waals surface area contributed by atoms with Crippen molar-refractivity contribution >= 4 is 16.5 Å². The average Bonchev–Trinajstić information content (AvgIpc) is 2.67. The summed E-state index contributed by atoms with van der Waals surface area (Å²) in [6.45, 7) is 3.70. The van der Waals surface area contributed by atoms with Crippen molar-refractivity contribution in [1.82, 2.24) is 14.5 Å². The molecule has 0 fully saturated rings. The molecule has 0 saturated heterocycles. The van der Waals surface area contributed by atoms with Gasteiger partial charge in [0.25, 0.3) is 0 Å². The fraction of sp³-hybridized carbons (Fsp3) is 0.556. The van der Waals surface area contributed by atoms with Gasteiger partial charge in [0.1, 0.15) is 10.7 Å². The second kappa shape index (κ2) is 6.72. The Morgan fingerprint density at radius 1 is 1.38 bits per heavy atom. The zero-order valence-corrected chi connectivity index (χ0v) is 9.79. The maximum atomic E-state index is 8.61. The van der Waals surface area contributed by atoms with Gasteiger partial charge in [-0.05, 0) is 6.92 Å². The lowest BCUT2D eigenvalue weighted by Gasteiger charge is -2.13. The number of hydrogen-bond acceptors (Lipinski definition) is 7. The van der Waals surface area contributed by atoms with E-state index < -0.39 is 0 Å². The smallest absolute Gasteiger partial charge is 0.134 e. The largest absolute Gasteiger partial charge is 0.374 e. The van der Waals surface area contributed by atoms with E-state index in [9.17, 15) is 0 Å². The van der Waals surface area contributed by atoms with Crippen molar-refractivity contribution in [2.24, 2.45) is 0 Å². The van der Waals surface area contributed by atoms with E-state index in [-0.39, 0.29) is 13.1 Å². The van der Waals surface area contributed by atoms with E-state index in [4.69, 9.17) is 10.5 Å². The molecule has 1 aromatic rings. The Labute approximate surface area is 98.3 Å². The Morgan fingerprint density at radius 2 is 2.06 bits per heavy atom. The highest BCUT2D eigenvalue weighted by atomic mass is 32.1. The van der Waals surface area contributed by atoms with Crippen LogP contribution in [0.2, 0.25) is 0 Å². The zero-order chi connectivity index (χ0) is 11.8. The number of hydrogen-bond donors (Lipinski definition) is 1. The number of anilines is 1. The van der Waals surface area contributed by atoms with E-state index in [1.54, 1.807) is 4.90 Å². The van der Waals surface area contributed by atoms with Gasteiger partial charge in [-0.25, -0.2) is 0 Å². The van der Waals surface area contributed by atoms with Crippen LogP contribution in [0.15, 0.2) is 0 Å². The second-order valence-electron chi connectivity index (χ2n) is 3.04. The Morgan fingerprint density at radius 3 is 2.62 bits per heavy atom. The normalized spacial score (nSPS) is 9.75. The number of aromatic nitrogens is 2. The maximum absolute atomic E-state index is 8.61. The Hall–Kier alpha value is -1.70. The van der Waals surface area contributed by atoms with Gasteiger partial charge in [0, 0.05) is 24.6 Å². The van der Waals surface area contributed by atoms with Crippen molar-refractivity contribution in [2.75, 3.05) is 25.0 Å². The standard InChI is InChI=1S/C9H12N6S/c1-2-12-9-8(13-14-16-9)7-15(5-3-10)6-4-11/h12H,2,5-7H2,1H3. The molecule has 0 spiro atoms. The van der Waals surface area contributed by atoms with Gasteiger partial charge in [-0.2, -0.15) is 10.5 Å². The summed E-state index contributed by atoms with van der Waals surface area (Å²) in [5.41, 5.74) is 0.789. The maximum Gasteiger partial charge on any atom is 0.134 e. The molecule has 0 aromatic carbocycles. The summed E-state index contributed by atoms with van der Waals surface area (Å²) in [7, 11) is 0. The highest BCUT2D eigenvalue weighted by Gasteiger charge is 2.12. The van der Waals surface area contributed by atoms with Crippen LogP contribution in [0.25, 0.3) is 0 Å². The van der Waals surface area contributed by atoms with Gasteiger partial charge in [-0.3, -0.25) is 4.90 Å². The van der Waals surface area contributed by atoms with Gasteiger partial charge in [0.2, 0.25) is 0 Å². The van der Waals surface area contributed by atoms with Crippen LogP contribution in [0.4, 0.5) is 5.00 Å². The van der Waals surface area contributed by atoms with E-state index in [2.05, 4.69) is 14.9 Å². The first-order valence-electron chi connectivity index (χ1n) is 4.83. The van der Waals surface area contributed by atoms with Crippen molar-refractivity contribution in [2.45, 2.75) is 13.5 Å². The first-order valence-corrected chi connectivity index (χ1v) is 5.60. The molecule has 1 N–H and O–H groups in total. The SMILES string of the molecule is CCNc1snnc1CN(CC#N)CC#N. The molecule has 0 aliphatic carbocycles. The van der Waals surface area contributed by atoms with Crippen LogP contribution in [-0.4, -0.2) is 34.1 Å². The lowest BCUT2D eigenvalue weighted by atomic mass is 10.4. The quantitative estimate of drug-likeness (QED) is 0.735. The van der Waals surface area contributed by atoms with Gasteiger partial charge >= 0.3 is 0 Å². The summed E-state index contributed by atoms with van der Waals surface area (Å²) in [4.78, 5) is 1.72. The topological polar surface area (TPSA) is 88.6 Å². The molecular formula is C9H12N6S. The van der Waals surface area contributed by atoms with Crippen molar-refractivity contribution in [3.05, 3.63) is 5.69 Å². The highest BCUT2D eigenvalue weighted by Crippen LogP contribution is 2.18. The van der Waals surface area contributed by atoms with E-state index in [0.717, 1.165) is 17.2 Å². The molecule has 0 radical (unpaired) electrons. The first-order chi connectivity index (χ1) is 7.81. The molecule has 84 valence electrons. The predicted molar refractivity (Wildman–Crippen MR) is 60.6 cm³/mol. The fourth-order valence-electron chi connectivity index (χ4n) is 1.19. The van der Waals surface area contributed by atoms with Gasteiger partial charge in [0.15, 0.2) is 0 Å². The predicted octanol–water partition coefficient (Wildman–Crippen LogP) is 0.819. The lowest BCUT2D eigenvalue weighted by molar-refractivity contribution is 0.331. The Kier molecular flexibility index (Phi) is 5.20. The fourth-order valence-corrected chi connectivity index (χ4v) is 1.83. The summed E-state index contributed by atoms with van der Waals surface area (Å²) in [5.74, 6) is 0. The molecule has 1 rings (SSSR count). The minimum Gasteiger partial charge on any atom is -0.374 e. The van der Waals surface area contributed by atoms with Crippen LogP contribution >= 0.6 is 11.5 Å². The third kappa shape index (κ3) is 3.46. The van der Waals surface area contributed by atoms with Gasteiger partial charge < -0.3 is 5.32 Å². The number of rotatable bonds is 6. The third-order valence-electron chi connectivity index (χ3n) is 1.86. The van der Waals surface area contributed by atoms with Gasteiger partial charge in [0.05, 0.1) is 25.2 Å². The zero-order valence-electron chi connectivity index (χ0n) is 8.97. The van der Waals surface area contributed by atoms with Crippen molar-refractivity contribution in [3.63, 3.8) is 0 Å². The molecule has 0 saturated carbocycles. The summed E-state index contributed by atoms with van der Waals surface area (Å²) in [6.07, 6.45) is 0. The molecule has 1 heterocycles. The average molecular weight is 236 g/mol. The molecule has 0 aliphatic heterocycles. The molecular weight excluding hydrogens is 224 g/mol. The summed E-state index contributed by atoms with van der Waals surface area (Å²) < 4.78 is 3.85. The molecule has 7 heteroatoms. The summed E-state index contributed by atoms with van der Waals surface area (Å²) in [5, 5.41) is 25.3. The summed E-state index contributed by atoms with van der Waals surface area (Å²) in [6, 6.07) is 4.05. The van der Waals surface area contributed by atoms with Crippen molar-refractivity contribution in [3.8, 4) is 12.1 Å². The monoisotopic (exact) mass is 236 g/mol. The number of nitrogens with zero attached hydrogens (tertiary/aromatic N) is 5. The van der Waals surface area contributed by atoms with E-state index in [0.29, 0.717) is 6.54 Å². The molecule has 16 heavy (non-hydrogen) atoms. The highest BCUT2D eigenvalue weighted by molar-refractivity contribution is 7.10. The molecule has 0 aliphatic rings. The Bertz CT molecular complexity index is 385. The second-order valence-corrected chi connectivity index (χ2v) is 3.79. The first kappa shape index (κ1) is 12.4. The van der Waals surface area contributed by atoms with Crippen LogP contribution in [0.3, 0.4) is 0 Å².